The van der Waals surface area contributed by atoms with Crippen LogP contribution in [0, 0.1) is 11.9 Å². The summed E-state index contributed by atoms with van der Waals surface area (Å²) in [7, 11) is 0. The van der Waals surface area contributed by atoms with Crippen molar-refractivity contribution >= 4 is 17.3 Å². The van der Waals surface area contributed by atoms with Gasteiger partial charge in [0.1, 0.15) is 5.82 Å². The molecule has 103 valence electrons. The molecule has 21 heavy (non-hydrogen) atoms. The first-order chi connectivity index (χ1) is 10.2. The summed E-state index contributed by atoms with van der Waals surface area (Å²) in [5.41, 5.74) is 8.86. The summed E-state index contributed by atoms with van der Waals surface area (Å²) in [5.74, 6) is -0.375. The smallest absolute Gasteiger partial charge is 0.131 e. The lowest BCUT2D eigenvalue weighted by atomic mass is 10.0. The zero-order chi connectivity index (χ0) is 14.8. The van der Waals surface area contributed by atoms with E-state index >= 15 is 0 Å². The molecule has 0 fully saturated rings. The molecule has 0 bridgehead atoms. The zero-order valence-electron chi connectivity index (χ0n) is 11.0. The lowest BCUT2D eigenvalue weighted by Gasteiger charge is -2.12. The Morgan fingerprint density at radius 2 is 1.86 bits per heavy atom. The number of aromatic nitrogens is 1. The SMILES string of the molecule is Nc1c(-c2cc[c]cc2F)ccnc1-c1ccccc1Cl. The summed E-state index contributed by atoms with van der Waals surface area (Å²) < 4.78 is 13.9. The maximum Gasteiger partial charge on any atom is 0.131 e. The fourth-order valence-electron chi connectivity index (χ4n) is 2.20. The van der Waals surface area contributed by atoms with Crippen molar-refractivity contribution in [1.29, 1.82) is 0 Å². The van der Waals surface area contributed by atoms with Gasteiger partial charge in [-0.15, -0.1) is 0 Å². The van der Waals surface area contributed by atoms with Crippen LogP contribution in [0.5, 0.6) is 0 Å². The molecule has 1 aromatic heterocycles. The standard InChI is InChI=1S/C17H11ClFN2/c18-14-7-3-1-6-13(14)17-16(20)12(9-10-21-17)11-5-2-4-8-15(11)19/h1-3,5-10H,20H2. The van der Waals surface area contributed by atoms with Crippen molar-refractivity contribution in [1.82, 2.24) is 4.98 Å². The third kappa shape index (κ3) is 2.48. The topological polar surface area (TPSA) is 38.9 Å². The number of pyridine rings is 1. The van der Waals surface area contributed by atoms with Crippen LogP contribution in [0.15, 0.2) is 54.7 Å². The average Bonchev–Trinajstić information content (AvgIpc) is 2.49. The van der Waals surface area contributed by atoms with E-state index in [1.165, 1.54) is 6.07 Å². The molecule has 4 heteroatoms. The molecule has 2 N–H and O–H groups in total. The Morgan fingerprint density at radius 3 is 2.62 bits per heavy atom. The minimum absolute atomic E-state index is 0.375. The summed E-state index contributed by atoms with van der Waals surface area (Å²) in [6.07, 6.45) is 1.60. The molecular formula is C17H11ClFN2. The molecule has 0 aliphatic rings. The van der Waals surface area contributed by atoms with Gasteiger partial charge in [0.2, 0.25) is 0 Å². The molecule has 0 saturated heterocycles. The molecule has 3 rings (SSSR count). The van der Waals surface area contributed by atoms with Gasteiger partial charge in [-0.25, -0.2) is 4.39 Å². The van der Waals surface area contributed by atoms with E-state index in [9.17, 15) is 4.39 Å². The van der Waals surface area contributed by atoms with Gasteiger partial charge in [0.05, 0.1) is 16.4 Å². The molecule has 2 nitrogen and oxygen atoms in total. The fraction of sp³-hybridized carbons (Fsp3) is 0. The highest BCUT2D eigenvalue weighted by Crippen LogP contribution is 2.36. The number of nitrogens with two attached hydrogens (primary N) is 1. The van der Waals surface area contributed by atoms with E-state index in [2.05, 4.69) is 11.1 Å². The molecule has 0 spiro atoms. The van der Waals surface area contributed by atoms with Crippen LogP contribution in [-0.4, -0.2) is 4.98 Å². The average molecular weight is 298 g/mol. The minimum Gasteiger partial charge on any atom is -0.396 e. The van der Waals surface area contributed by atoms with Crippen LogP contribution >= 0.6 is 11.6 Å². The normalized spacial score (nSPS) is 10.6. The van der Waals surface area contributed by atoms with Crippen LogP contribution in [0.25, 0.3) is 22.4 Å². The van der Waals surface area contributed by atoms with Gasteiger partial charge in [-0.05, 0) is 24.3 Å². The van der Waals surface area contributed by atoms with Gasteiger partial charge in [0.25, 0.3) is 0 Å². The quantitative estimate of drug-likeness (QED) is 0.751. The Hall–Kier alpha value is -2.39. The summed E-state index contributed by atoms with van der Waals surface area (Å²) in [5, 5.41) is 0.552. The number of nitrogens with zero attached hydrogens (tertiary/aromatic N) is 1. The highest BCUT2D eigenvalue weighted by molar-refractivity contribution is 6.33. The summed E-state index contributed by atoms with van der Waals surface area (Å²) >= 11 is 6.19. The van der Waals surface area contributed by atoms with Gasteiger partial charge in [-0.3, -0.25) is 4.98 Å². The van der Waals surface area contributed by atoms with Gasteiger partial charge in [0.15, 0.2) is 0 Å². The summed E-state index contributed by atoms with van der Waals surface area (Å²) in [6, 6.07) is 16.2. The molecule has 0 atom stereocenters. The molecule has 1 radical (unpaired) electrons. The second-order valence-corrected chi connectivity index (χ2v) is 4.91. The number of rotatable bonds is 2. The van der Waals surface area contributed by atoms with Crippen molar-refractivity contribution in [3.05, 3.63) is 71.6 Å². The van der Waals surface area contributed by atoms with E-state index < -0.39 is 0 Å². The maximum absolute atomic E-state index is 13.9. The number of hydrogen-bond acceptors (Lipinski definition) is 2. The van der Waals surface area contributed by atoms with E-state index in [1.807, 2.05) is 18.2 Å². The molecular weight excluding hydrogens is 287 g/mol. The Morgan fingerprint density at radius 1 is 1.05 bits per heavy atom. The highest BCUT2D eigenvalue weighted by atomic mass is 35.5. The first-order valence-electron chi connectivity index (χ1n) is 6.34. The fourth-order valence-corrected chi connectivity index (χ4v) is 2.43. The maximum atomic E-state index is 13.9. The Balaban J connectivity index is 2.21. The minimum atomic E-state index is -0.375. The first-order valence-corrected chi connectivity index (χ1v) is 6.71. The van der Waals surface area contributed by atoms with Crippen molar-refractivity contribution in [2.45, 2.75) is 0 Å². The third-order valence-corrected chi connectivity index (χ3v) is 3.55. The van der Waals surface area contributed by atoms with Gasteiger partial charge < -0.3 is 5.73 Å². The van der Waals surface area contributed by atoms with E-state index in [1.54, 1.807) is 30.5 Å². The highest BCUT2D eigenvalue weighted by Gasteiger charge is 2.14. The number of anilines is 1. The predicted molar refractivity (Wildman–Crippen MR) is 83.3 cm³/mol. The van der Waals surface area contributed by atoms with Crippen molar-refractivity contribution in [3.63, 3.8) is 0 Å². The van der Waals surface area contributed by atoms with E-state index in [-0.39, 0.29) is 5.82 Å². The molecule has 2 aromatic carbocycles. The summed E-state index contributed by atoms with van der Waals surface area (Å²) in [6.45, 7) is 0. The third-order valence-electron chi connectivity index (χ3n) is 3.22. The van der Waals surface area contributed by atoms with Crippen LogP contribution in [0.1, 0.15) is 0 Å². The lowest BCUT2D eigenvalue weighted by molar-refractivity contribution is 0.631. The Bertz CT molecular complexity index is 739. The monoisotopic (exact) mass is 297 g/mol. The van der Waals surface area contributed by atoms with E-state index in [0.29, 0.717) is 27.5 Å². The van der Waals surface area contributed by atoms with E-state index in [0.717, 1.165) is 5.56 Å². The first kappa shape index (κ1) is 13.6. The van der Waals surface area contributed by atoms with Crippen LogP contribution in [0.2, 0.25) is 5.02 Å². The Labute approximate surface area is 127 Å². The van der Waals surface area contributed by atoms with E-state index in [4.69, 9.17) is 17.3 Å². The lowest BCUT2D eigenvalue weighted by Crippen LogP contribution is -1.98. The summed E-state index contributed by atoms with van der Waals surface area (Å²) in [4.78, 5) is 4.29. The van der Waals surface area contributed by atoms with Crippen LogP contribution < -0.4 is 5.73 Å². The second kappa shape index (κ2) is 5.54. The predicted octanol–water partition coefficient (Wildman–Crippen LogP) is 4.59. The number of hydrogen-bond donors (Lipinski definition) is 1. The van der Waals surface area contributed by atoms with Crippen LogP contribution in [0.4, 0.5) is 10.1 Å². The second-order valence-electron chi connectivity index (χ2n) is 4.51. The van der Waals surface area contributed by atoms with Crippen molar-refractivity contribution in [3.8, 4) is 22.4 Å². The molecule has 0 aliphatic carbocycles. The van der Waals surface area contributed by atoms with Crippen molar-refractivity contribution < 1.29 is 4.39 Å². The largest absolute Gasteiger partial charge is 0.396 e. The van der Waals surface area contributed by atoms with Crippen molar-refractivity contribution in [2.24, 2.45) is 0 Å². The zero-order valence-corrected chi connectivity index (χ0v) is 11.7. The van der Waals surface area contributed by atoms with Crippen LogP contribution in [0.3, 0.4) is 0 Å². The molecule has 0 saturated carbocycles. The number of nitrogen functional groups attached to an aromatic ring is 1. The number of benzene rings is 2. The van der Waals surface area contributed by atoms with Crippen LogP contribution in [-0.2, 0) is 0 Å². The van der Waals surface area contributed by atoms with Gasteiger partial charge in [0, 0.05) is 22.9 Å². The van der Waals surface area contributed by atoms with Gasteiger partial charge >= 0.3 is 0 Å². The van der Waals surface area contributed by atoms with Gasteiger partial charge in [-0.2, -0.15) is 0 Å². The molecule has 0 amide bonds. The van der Waals surface area contributed by atoms with Gasteiger partial charge in [-0.1, -0.05) is 41.9 Å². The van der Waals surface area contributed by atoms with Crippen molar-refractivity contribution in [2.75, 3.05) is 5.73 Å². The molecule has 1 heterocycles. The Kier molecular flexibility index (Phi) is 3.59. The molecule has 0 aliphatic heterocycles. The molecule has 3 aromatic rings. The number of halogens is 2. The molecule has 0 unspecified atom stereocenters.